The molecule has 0 aliphatic carbocycles. The molecular weight excluding hydrogens is 286 g/mol. The van der Waals surface area contributed by atoms with E-state index in [-0.39, 0.29) is 0 Å². The minimum absolute atomic E-state index is 0.409. The zero-order valence-corrected chi connectivity index (χ0v) is 10.8. The lowest BCUT2D eigenvalue weighted by molar-refractivity contribution is -0.142. The standard InChI is InChI=1S/C11H12BrN3O2/c1-17-11(16)9(13)4-6-2-7-5-14-15-10(7)8(12)3-6/h2-3,5,9H,4,13H2,1H3,(H,14,15)/t9-/m1/s1. The molecule has 0 radical (unpaired) electrons. The van der Waals surface area contributed by atoms with Crippen LogP contribution >= 0.6 is 15.9 Å². The molecule has 0 aliphatic heterocycles. The number of hydrogen-bond acceptors (Lipinski definition) is 4. The summed E-state index contributed by atoms with van der Waals surface area (Å²) in [6.45, 7) is 0. The van der Waals surface area contributed by atoms with Crippen molar-refractivity contribution in [3.63, 3.8) is 0 Å². The van der Waals surface area contributed by atoms with Gasteiger partial charge in [-0.3, -0.25) is 9.89 Å². The molecule has 1 atom stereocenters. The lowest BCUT2D eigenvalue weighted by Gasteiger charge is -2.09. The summed E-state index contributed by atoms with van der Waals surface area (Å²) in [4.78, 5) is 11.2. The zero-order valence-electron chi connectivity index (χ0n) is 9.24. The van der Waals surface area contributed by atoms with E-state index in [2.05, 4.69) is 30.9 Å². The second-order valence-corrected chi connectivity index (χ2v) is 4.60. The number of methoxy groups -OCH3 is 1. The molecule has 0 unspecified atom stereocenters. The number of nitrogens with one attached hydrogen (secondary N) is 1. The van der Waals surface area contributed by atoms with Gasteiger partial charge in [0.15, 0.2) is 0 Å². The number of H-pyrrole nitrogens is 1. The number of carbonyl (C=O) groups excluding carboxylic acids is 1. The van der Waals surface area contributed by atoms with Gasteiger partial charge in [0, 0.05) is 9.86 Å². The van der Waals surface area contributed by atoms with Gasteiger partial charge in [0.1, 0.15) is 6.04 Å². The lowest BCUT2D eigenvalue weighted by Crippen LogP contribution is -2.33. The Morgan fingerprint density at radius 1 is 1.65 bits per heavy atom. The van der Waals surface area contributed by atoms with Crippen molar-refractivity contribution >= 4 is 32.8 Å². The number of halogens is 1. The number of ether oxygens (including phenoxy) is 1. The van der Waals surface area contributed by atoms with Gasteiger partial charge in [-0.05, 0) is 40.0 Å². The fourth-order valence-electron chi connectivity index (χ4n) is 1.68. The van der Waals surface area contributed by atoms with E-state index in [1.807, 2.05) is 12.1 Å². The Labute approximate surface area is 106 Å². The largest absolute Gasteiger partial charge is 0.468 e. The SMILES string of the molecule is COC(=O)[C@H](N)Cc1cc(Br)c2[nH]ncc2c1. The van der Waals surface area contributed by atoms with Gasteiger partial charge in [-0.1, -0.05) is 0 Å². The van der Waals surface area contributed by atoms with E-state index in [1.165, 1.54) is 7.11 Å². The van der Waals surface area contributed by atoms with Crippen LogP contribution in [0.25, 0.3) is 10.9 Å². The average molecular weight is 298 g/mol. The number of aromatic nitrogens is 2. The normalized spacial score (nSPS) is 12.6. The van der Waals surface area contributed by atoms with Gasteiger partial charge in [-0.15, -0.1) is 0 Å². The minimum Gasteiger partial charge on any atom is -0.468 e. The highest BCUT2D eigenvalue weighted by atomic mass is 79.9. The Morgan fingerprint density at radius 3 is 3.12 bits per heavy atom. The number of esters is 1. The molecule has 0 fully saturated rings. The highest BCUT2D eigenvalue weighted by Crippen LogP contribution is 2.24. The Morgan fingerprint density at radius 2 is 2.41 bits per heavy atom. The molecule has 1 aromatic carbocycles. The number of fused-ring (bicyclic) bond motifs is 1. The molecular formula is C11H12BrN3O2. The number of benzene rings is 1. The fourth-order valence-corrected chi connectivity index (χ4v) is 2.29. The molecule has 90 valence electrons. The molecule has 0 saturated carbocycles. The lowest BCUT2D eigenvalue weighted by atomic mass is 10.1. The van der Waals surface area contributed by atoms with E-state index < -0.39 is 12.0 Å². The highest BCUT2D eigenvalue weighted by molar-refractivity contribution is 9.10. The number of aromatic amines is 1. The maximum absolute atomic E-state index is 11.2. The van der Waals surface area contributed by atoms with Crippen LogP contribution in [-0.2, 0) is 16.0 Å². The third kappa shape index (κ3) is 2.48. The Balaban J connectivity index is 2.27. The van der Waals surface area contributed by atoms with E-state index in [0.717, 1.165) is 20.9 Å². The van der Waals surface area contributed by atoms with Crippen LogP contribution in [0.3, 0.4) is 0 Å². The second-order valence-electron chi connectivity index (χ2n) is 3.75. The third-order valence-electron chi connectivity index (χ3n) is 2.52. The van der Waals surface area contributed by atoms with E-state index >= 15 is 0 Å². The molecule has 17 heavy (non-hydrogen) atoms. The predicted molar refractivity (Wildman–Crippen MR) is 67.5 cm³/mol. The first kappa shape index (κ1) is 12.1. The number of carbonyl (C=O) groups is 1. The third-order valence-corrected chi connectivity index (χ3v) is 3.15. The van der Waals surface area contributed by atoms with Crippen LogP contribution < -0.4 is 5.73 Å². The quantitative estimate of drug-likeness (QED) is 0.839. The molecule has 0 saturated heterocycles. The van der Waals surface area contributed by atoms with Gasteiger partial charge in [0.25, 0.3) is 0 Å². The topological polar surface area (TPSA) is 81.0 Å². The van der Waals surface area contributed by atoms with Crippen molar-refractivity contribution < 1.29 is 9.53 Å². The van der Waals surface area contributed by atoms with Crippen LogP contribution in [0.15, 0.2) is 22.8 Å². The number of hydrogen-bond donors (Lipinski definition) is 2. The van der Waals surface area contributed by atoms with E-state index in [0.29, 0.717) is 6.42 Å². The number of nitrogens with two attached hydrogens (primary N) is 1. The van der Waals surface area contributed by atoms with Crippen molar-refractivity contribution in [3.8, 4) is 0 Å². The summed E-state index contributed by atoms with van der Waals surface area (Å²) in [5.41, 5.74) is 7.61. The van der Waals surface area contributed by atoms with Gasteiger partial charge in [0.05, 0.1) is 18.8 Å². The minimum atomic E-state index is -0.642. The van der Waals surface area contributed by atoms with Crippen molar-refractivity contribution in [1.82, 2.24) is 10.2 Å². The molecule has 3 N–H and O–H groups in total. The van der Waals surface area contributed by atoms with E-state index in [9.17, 15) is 4.79 Å². The van der Waals surface area contributed by atoms with Crippen LogP contribution in [0.2, 0.25) is 0 Å². The summed E-state index contributed by atoms with van der Waals surface area (Å²) in [6, 6.07) is 3.23. The van der Waals surface area contributed by atoms with Gasteiger partial charge >= 0.3 is 5.97 Å². The maximum atomic E-state index is 11.2. The number of rotatable bonds is 3. The molecule has 2 rings (SSSR count). The molecule has 6 heteroatoms. The van der Waals surface area contributed by atoms with E-state index in [1.54, 1.807) is 6.20 Å². The summed E-state index contributed by atoms with van der Waals surface area (Å²) in [5, 5.41) is 7.82. The van der Waals surface area contributed by atoms with Crippen molar-refractivity contribution in [2.24, 2.45) is 5.73 Å². The van der Waals surface area contributed by atoms with Crippen LogP contribution in [0.1, 0.15) is 5.56 Å². The summed E-state index contributed by atoms with van der Waals surface area (Å²) >= 11 is 3.44. The maximum Gasteiger partial charge on any atom is 0.322 e. The first-order chi connectivity index (χ1) is 8.11. The molecule has 0 bridgehead atoms. The summed E-state index contributed by atoms with van der Waals surface area (Å²) in [5.74, 6) is -0.409. The van der Waals surface area contributed by atoms with Crippen LogP contribution in [0, 0.1) is 0 Å². The zero-order chi connectivity index (χ0) is 12.4. The predicted octanol–water partition coefficient (Wildman–Crippen LogP) is 1.37. The van der Waals surface area contributed by atoms with Crippen molar-refractivity contribution in [2.75, 3.05) is 7.11 Å². The average Bonchev–Trinajstić information content (AvgIpc) is 2.76. The molecule has 1 heterocycles. The first-order valence-corrected chi connectivity index (χ1v) is 5.86. The summed E-state index contributed by atoms with van der Waals surface area (Å²) in [7, 11) is 1.33. The smallest absolute Gasteiger partial charge is 0.322 e. The van der Waals surface area contributed by atoms with Crippen molar-refractivity contribution in [2.45, 2.75) is 12.5 Å². The van der Waals surface area contributed by atoms with Crippen LogP contribution in [-0.4, -0.2) is 29.3 Å². The molecule has 1 aromatic heterocycles. The molecule has 0 spiro atoms. The fraction of sp³-hybridized carbons (Fsp3) is 0.273. The van der Waals surface area contributed by atoms with Gasteiger partial charge in [-0.25, -0.2) is 0 Å². The number of nitrogens with zero attached hydrogens (tertiary/aromatic N) is 1. The van der Waals surface area contributed by atoms with Crippen molar-refractivity contribution in [3.05, 3.63) is 28.4 Å². The Kier molecular flexibility index (Phi) is 3.44. The highest BCUT2D eigenvalue weighted by Gasteiger charge is 2.15. The Hall–Kier alpha value is -1.40. The van der Waals surface area contributed by atoms with Crippen LogP contribution in [0.4, 0.5) is 0 Å². The molecule has 2 aromatic rings. The monoisotopic (exact) mass is 297 g/mol. The molecule has 0 amide bonds. The molecule has 5 nitrogen and oxygen atoms in total. The van der Waals surface area contributed by atoms with Gasteiger partial charge in [0.2, 0.25) is 0 Å². The van der Waals surface area contributed by atoms with Crippen molar-refractivity contribution in [1.29, 1.82) is 0 Å². The molecule has 0 aliphatic rings. The first-order valence-electron chi connectivity index (χ1n) is 5.06. The Bertz CT molecular complexity index is 553. The van der Waals surface area contributed by atoms with Gasteiger partial charge < -0.3 is 10.5 Å². The summed E-state index contributed by atoms with van der Waals surface area (Å²) < 4.78 is 5.50. The second kappa shape index (κ2) is 4.85. The summed E-state index contributed by atoms with van der Waals surface area (Å²) in [6.07, 6.45) is 2.17. The van der Waals surface area contributed by atoms with Gasteiger partial charge in [-0.2, -0.15) is 5.10 Å². The van der Waals surface area contributed by atoms with Crippen LogP contribution in [0.5, 0.6) is 0 Å². The van der Waals surface area contributed by atoms with E-state index in [4.69, 9.17) is 5.73 Å².